The highest BCUT2D eigenvalue weighted by Crippen LogP contribution is 2.24. The van der Waals surface area contributed by atoms with Crippen molar-refractivity contribution >= 4 is 5.65 Å². The van der Waals surface area contributed by atoms with E-state index in [1.165, 1.54) is 36.1 Å². The molecule has 2 aromatic heterocycles. The van der Waals surface area contributed by atoms with Crippen molar-refractivity contribution in [3.63, 3.8) is 0 Å². The summed E-state index contributed by atoms with van der Waals surface area (Å²) in [4.78, 5) is 0. The van der Waals surface area contributed by atoms with Crippen molar-refractivity contribution in [1.29, 1.82) is 0 Å². The number of pyridine rings is 1. The van der Waals surface area contributed by atoms with Crippen molar-refractivity contribution < 1.29 is 0 Å². The van der Waals surface area contributed by atoms with Gasteiger partial charge in [-0.3, -0.25) is 4.40 Å². The van der Waals surface area contributed by atoms with Gasteiger partial charge in [0.25, 0.3) is 0 Å². The van der Waals surface area contributed by atoms with Crippen LogP contribution in [0.15, 0.2) is 12.4 Å². The first kappa shape index (κ1) is 7.06. The van der Waals surface area contributed by atoms with E-state index in [0.717, 1.165) is 5.65 Å². The zero-order valence-electron chi connectivity index (χ0n) is 7.62. The van der Waals surface area contributed by atoms with E-state index in [2.05, 4.69) is 27.6 Å². The van der Waals surface area contributed by atoms with Gasteiger partial charge >= 0.3 is 0 Å². The Hall–Kier alpha value is -1.38. The molecule has 1 aliphatic rings. The van der Waals surface area contributed by atoms with Gasteiger partial charge in [0.05, 0.1) is 0 Å². The second kappa shape index (κ2) is 2.31. The molecule has 2 aromatic rings. The molecule has 0 saturated carbocycles. The SMILES string of the molecule is Cc1cc2c(n3cnnc13)CCC2. The lowest BCUT2D eigenvalue weighted by molar-refractivity contribution is 0.886. The van der Waals surface area contributed by atoms with Crippen molar-refractivity contribution in [3.8, 4) is 0 Å². The quantitative estimate of drug-likeness (QED) is 0.604. The zero-order valence-corrected chi connectivity index (χ0v) is 7.62. The molecule has 0 aliphatic heterocycles. The third kappa shape index (κ3) is 0.842. The standard InChI is InChI=1S/C10H11N3/c1-7-5-8-3-2-4-9(8)13-6-11-12-10(7)13/h5-6H,2-4H2,1H3. The van der Waals surface area contributed by atoms with Crippen LogP contribution < -0.4 is 0 Å². The molecule has 0 amide bonds. The Bertz CT molecular complexity index is 470. The number of nitrogens with zero attached hydrogens (tertiary/aromatic N) is 3. The highest BCUT2D eigenvalue weighted by Gasteiger charge is 2.15. The molecule has 0 unspecified atom stereocenters. The van der Waals surface area contributed by atoms with Gasteiger partial charge in [-0.15, -0.1) is 10.2 Å². The van der Waals surface area contributed by atoms with E-state index in [1.54, 1.807) is 0 Å². The first-order valence-electron chi connectivity index (χ1n) is 4.67. The topological polar surface area (TPSA) is 30.2 Å². The Labute approximate surface area is 76.4 Å². The van der Waals surface area contributed by atoms with Crippen LogP contribution in [0, 0.1) is 6.92 Å². The maximum Gasteiger partial charge on any atom is 0.163 e. The van der Waals surface area contributed by atoms with Gasteiger partial charge in [0.2, 0.25) is 0 Å². The molecular formula is C10H11N3. The maximum atomic E-state index is 4.11. The lowest BCUT2D eigenvalue weighted by Gasteiger charge is -2.04. The second-order valence-corrected chi connectivity index (χ2v) is 3.68. The maximum absolute atomic E-state index is 4.11. The lowest BCUT2D eigenvalue weighted by Crippen LogP contribution is -1.96. The van der Waals surface area contributed by atoms with Gasteiger partial charge in [-0.05, 0) is 37.3 Å². The van der Waals surface area contributed by atoms with Crippen LogP contribution in [0.2, 0.25) is 0 Å². The molecule has 0 saturated heterocycles. The number of aryl methyl sites for hydroxylation is 3. The average Bonchev–Trinajstić information content (AvgIpc) is 2.66. The van der Waals surface area contributed by atoms with E-state index < -0.39 is 0 Å². The molecule has 0 N–H and O–H groups in total. The summed E-state index contributed by atoms with van der Waals surface area (Å²) in [5.41, 5.74) is 5.13. The molecule has 3 nitrogen and oxygen atoms in total. The summed E-state index contributed by atoms with van der Waals surface area (Å²) in [5, 5.41) is 8.06. The normalized spacial score (nSPS) is 15.2. The summed E-state index contributed by atoms with van der Waals surface area (Å²) in [5.74, 6) is 0. The molecule has 13 heavy (non-hydrogen) atoms. The Morgan fingerprint density at radius 1 is 1.38 bits per heavy atom. The third-order valence-corrected chi connectivity index (χ3v) is 2.81. The second-order valence-electron chi connectivity index (χ2n) is 3.68. The Morgan fingerprint density at radius 2 is 2.31 bits per heavy atom. The summed E-state index contributed by atoms with van der Waals surface area (Å²) < 4.78 is 2.14. The number of rotatable bonds is 0. The van der Waals surface area contributed by atoms with Crippen LogP contribution in [0.25, 0.3) is 5.65 Å². The summed E-state index contributed by atoms with van der Waals surface area (Å²) >= 11 is 0. The summed E-state index contributed by atoms with van der Waals surface area (Å²) in [6.45, 7) is 2.10. The van der Waals surface area contributed by atoms with Gasteiger partial charge in [0, 0.05) is 5.69 Å². The Kier molecular flexibility index (Phi) is 1.26. The van der Waals surface area contributed by atoms with Gasteiger partial charge in [0.1, 0.15) is 6.33 Å². The minimum Gasteiger partial charge on any atom is -0.285 e. The molecule has 3 heteroatoms. The number of fused-ring (bicyclic) bond motifs is 3. The fraction of sp³-hybridized carbons (Fsp3) is 0.400. The fourth-order valence-corrected chi connectivity index (χ4v) is 2.21. The van der Waals surface area contributed by atoms with Crippen LogP contribution >= 0.6 is 0 Å². The van der Waals surface area contributed by atoms with Gasteiger partial charge < -0.3 is 0 Å². The van der Waals surface area contributed by atoms with Crippen molar-refractivity contribution in [2.75, 3.05) is 0 Å². The predicted molar refractivity (Wildman–Crippen MR) is 49.7 cm³/mol. The number of hydrogen-bond acceptors (Lipinski definition) is 2. The van der Waals surface area contributed by atoms with Crippen molar-refractivity contribution in [2.24, 2.45) is 0 Å². The van der Waals surface area contributed by atoms with E-state index in [-0.39, 0.29) is 0 Å². The van der Waals surface area contributed by atoms with E-state index in [4.69, 9.17) is 0 Å². The molecule has 0 radical (unpaired) electrons. The molecule has 0 aromatic carbocycles. The Morgan fingerprint density at radius 3 is 3.23 bits per heavy atom. The van der Waals surface area contributed by atoms with Gasteiger partial charge in [-0.1, -0.05) is 6.07 Å². The van der Waals surface area contributed by atoms with Crippen LogP contribution in [-0.4, -0.2) is 14.6 Å². The highest BCUT2D eigenvalue weighted by molar-refractivity contribution is 5.50. The van der Waals surface area contributed by atoms with E-state index in [1.807, 2.05) is 6.33 Å². The average molecular weight is 173 g/mol. The van der Waals surface area contributed by atoms with E-state index >= 15 is 0 Å². The Balaban J connectivity index is 2.48. The van der Waals surface area contributed by atoms with Gasteiger partial charge in [0.15, 0.2) is 5.65 Å². The number of hydrogen-bond donors (Lipinski definition) is 0. The molecule has 3 rings (SSSR count). The smallest absolute Gasteiger partial charge is 0.163 e. The van der Waals surface area contributed by atoms with Crippen LogP contribution in [0.1, 0.15) is 23.2 Å². The first-order chi connectivity index (χ1) is 6.36. The third-order valence-electron chi connectivity index (χ3n) is 2.81. The molecular weight excluding hydrogens is 162 g/mol. The highest BCUT2D eigenvalue weighted by atomic mass is 15.2. The molecule has 66 valence electrons. The van der Waals surface area contributed by atoms with Gasteiger partial charge in [-0.25, -0.2) is 0 Å². The van der Waals surface area contributed by atoms with E-state index in [9.17, 15) is 0 Å². The largest absolute Gasteiger partial charge is 0.285 e. The van der Waals surface area contributed by atoms with Crippen LogP contribution in [0.3, 0.4) is 0 Å². The zero-order chi connectivity index (χ0) is 8.84. The molecule has 0 atom stereocenters. The molecule has 1 aliphatic carbocycles. The number of aromatic nitrogens is 3. The summed E-state index contributed by atoms with van der Waals surface area (Å²) in [6, 6.07) is 2.26. The molecule has 0 spiro atoms. The molecule has 0 bridgehead atoms. The summed E-state index contributed by atoms with van der Waals surface area (Å²) in [6.07, 6.45) is 5.48. The first-order valence-corrected chi connectivity index (χ1v) is 4.67. The van der Waals surface area contributed by atoms with Crippen LogP contribution in [0.5, 0.6) is 0 Å². The fourth-order valence-electron chi connectivity index (χ4n) is 2.21. The minimum absolute atomic E-state index is 1.01. The lowest BCUT2D eigenvalue weighted by atomic mass is 10.1. The minimum atomic E-state index is 1.01. The van der Waals surface area contributed by atoms with Crippen molar-refractivity contribution in [1.82, 2.24) is 14.6 Å². The molecule has 0 fully saturated rings. The van der Waals surface area contributed by atoms with Crippen molar-refractivity contribution in [2.45, 2.75) is 26.2 Å². The predicted octanol–water partition coefficient (Wildman–Crippen LogP) is 1.53. The van der Waals surface area contributed by atoms with Crippen LogP contribution in [0.4, 0.5) is 0 Å². The summed E-state index contributed by atoms with van der Waals surface area (Å²) in [7, 11) is 0. The monoisotopic (exact) mass is 173 g/mol. The van der Waals surface area contributed by atoms with Crippen molar-refractivity contribution in [3.05, 3.63) is 29.2 Å². The van der Waals surface area contributed by atoms with E-state index in [0.29, 0.717) is 0 Å². The molecule has 2 heterocycles. The van der Waals surface area contributed by atoms with Gasteiger partial charge in [-0.2, -0.15) is 0 Å². The van der Waals surface area contributed by atoms with Crippen LogP contribution in [-0.2, 0) is 12.8 Å².